The van der Waals surface area contributed by atoms with Gasteiger partial charge >= 0.3 is 18.0 Å². The van der Waals surface area contributed by atoms with Gasteiger partial charge in [-0.15, -0.1) is 0 Å². The van der Waals surface area contributed by atoms with E-state index in [1.165, 1.54) is 18.9 Å². The Balaban J connectivity index is 4.52. The zero-order valence-corrected chi connectivity index (χ0v) is 11.1. The summed E-state index contributed by atoms with van der Waals surface area (Å²) in [5.41, 5.74) is 0. The fourth-order valence-corrected chi connectivity index (χ4v) is 1.52. The Morgan fingerprint density at radius 3 is 2.28 bits per heavy atom. The second-order valence-electron chi connectivity index (χ2n) is 3.93. The van der Waals surface area contributed by atoms with Gasteiger partial charge in [0.05, 0.1) is 13.5 Å². The molecular weight excluding hydrogens is 240 g/mol. The van der Waals surface area contributed by atoms with Gasteiger partial charge in [-0.2, -0.15) is 0 Å². The molecule has 18 heavy (non-hydrogen) atoms. The minimum Gasteiger partial charge on any atom is -0.481 e. The van der Waals surface area contributed by atoms with Gasteiger partial charge in [-0.3, -0.25) is 4.79 Å². The lowest BCUT2D eigenvalue weighted by Gasteiger charge is -2.28. The summed E-state index contributed by atoms with van der Waals surface area (Å²) >= 11 is 0. The Bertz CT molecular complexity index is 319. The van der Waals surface area contributed by atoms with Gasteiger partial charge in [0.25, 0.3) is 0 Å². The van der Waals surface area contributed by atoms with Crippen LogP contribution in [0.4, 0.5) is 4.79 Å². The molecule has 0 rings (SSSR count). The third kappa shape index (κ3) is 5.03. The maximum atomic E-state index is 11.8. The van der Waals surface area contributed by atoms with Crippen LogP contribution in [0.15, 0.2) is 0 Å². The number of aliphatic carboxylic acids is 1. The summed E-state index contributed by atoms with van der Waals surface area (Å²) in [6.07, 6.45) is -0.145. The predicted octanol–water partition coefficient (Wildman–Crippen LogP) is 0.443. The van der Waals surface area contributed by atoms with E-state index in [1.807, 2.05) is 0 Å². The molecule has 0 spiro atoms. The van der Waals surface area contributed by atoms with Crippen molar-refractivity contribution in [2.45, 2.75) is 39.3 Å². The Morgan fingerprint density at radius 1 is 1.33 bits per heavy atom. The van der Waals surface area contributed by atoms with Gasteiger partial charge < -0.3 is 20.1 Å². The molecule has 0 aromatic carbocycles. The number of carboxylic acid groups (broad SMARTS) is 1. The highest BCUT2D eigenvalue weighted by molar-refractivity contribution is 5.83. The van der Waals surface area contributed by atoms with Crippen LogP contribution in [0.1, 0.15) is 27.2 Å². The highest BCUT2D eigenvalue weighted by Gasteiger charge is 2.24. The fourth-order valence-electron chi connectivity index (χ4n) is 1.52. The van der Waals surface area contributed by atoms with Crippen LogP contribution in [0.25, 0.3) is 0 Å². The molecule has 0 aliphatic rings. The first kappa shape index (κ1) is 16.2. The summed E-state index contributed by atoms with van der Waals surface area (Å²) in [6.45, 7) is 5.23. The molecule has 0 aromatic rings. The molecule has 2 N–H and O–H groups in total. The average Bonchev–Trinajstić information content (AvgIpc) is 2.27. The van der Waals surface area contributed by atoms with Gasteiger partial charge in [-0.1, -0.05) is 0 Å². The van der Waals surface area contributed by atoms with Crippen LogP contribution in [-0.2, 0) is 14.3 Å². The molecule has 104 valence electrons. The lowest BCUT2D eigenvalue weighted by Crippen LogP contribution is -2.50. The molecule has 0 heterocycles. The summed E-state index contributed by atoms with van der Waals surface area (Å²) in [7, 11) is 1.23. The van der Waals surface area contributed by atoms with Crippen molar-refractivity contribution in [3.05, 3.63) is 0 Å². The van der Waals surface area contributed by atoms with E-state index < -0.39 is 30.1 Å². The minimum absolute atomic E-state index is 0.145. The van der Waals surface area contributed by atoms with Crippen molar-refractivity contribution in [3.63, 3.8) is 0 Å². The van der Waals surface area contributed by atoms with E-state index >= 15 is 0 Å². The summed E-state index contributed by atoms with van der Waals surface area (Å²) in [6, 6.07) is -1.70. The Hall–Kier alpha value is -1.79. The summed E-state index contributed by atoms with van der Waals surface area (Å²) in [4.78, 5) is 35.0. The monoisotopic (exact) mass is 260 g/mol. The van der Waals surface area contributed by atoms with E-state index in [9.17, 15) is 14.4 Å². The number of ether oxygens (including phenoxy) is 1. The average molecular weight is 260 g/mol. The quantitative estimate of drug-likeness (QED) is 0.676. The van der Waals surface area contributed by atoms with Gasteiger partial charge in [-0.05, 0) is 20.8 Å². The van der Waals surface area contributed by atoms with Crippen LogP contribution < -0.4 is 5.32 Å². The summed E-state index contributed by atoms with van der Waals surface area (Å²) < 4.78 is 4.49. The largest absolute Gasteiger partial charge is 0.481 e. The normalized spacial score (nSPS) is 13.3. The zero-order valence-electron chi connectivity index (χ0n) is 11.1. The number of hydrogen-bond donors (Lipinski definition) is 2. The predicted molar refractivity (Wildman–Crippen MR) is 64.1 cm³/mol. The van der Waals surface area contributed by atoms with Crippen molar-refractivity contribution in [3.8, 4) is 0 Å². The number of methoxy groups -OCH3 is 1. The van der Waals surface area contributed by atoms with E-state index in [0.29, 0.717) is 6.54 Å². The van der Waals surface area contributed by atoms with Crippen molar-refractivity contribution < 1.29 is 24.2 Å². The molecule has 2 atom stereocenters. The molecule has 7 nitrogen and oxygen atoms in total. The van der Waals surface area contributed by atoms with E-state index in [2.05, 4.69) is 10.1 Å². The summed E-state index contributed by atoms with van der Waals surface area (Å²) in [5, 5.41) is 11.1. The standard InChI is InChI=1S/C11H20N2O5/c1-5-13(7(2)6-9(14)15)11(17)12-8(3)10(16)18-4/h7-8H,5-6H2,1-4H3,(H,12,17)(H,14,15). The molecule has 0 aromatic heterocycles. The van der Waals surface area contributed by atoms with Crippen LogP contribution in [0.3, 0.4) is 0 Å². The smallest absolute Gasteiger partial charge is 0.328 e. The van der Waals surface area contributed by atoms with E-state index in [-0.39, 0.29) is 6.42 Å². The molecular formula is C11H20N2O5. The first-order valence-corrected chi connectivity index (χ1v) is 5.70. The van der Waals surface area contributed by atoms with Crippen LogP contribution in [-0.4, -0.2) is 53.7 Å². The lowest BCUT2D eigenvalue weighted by atomic mass is 10.2. The molecule has 0 aliphatic heterocycles. The van der Waals surface area contributed by atoms with Gasteiger partial charge in [0.15, 0.2) is 0 Å². The molecule has 2 unspecified atom stereocenters. The number of carbonyl (C=O) groups excluding carboxylic acids is 2. The maximum Gasteiger partial charge on any atom is 0.328 e. The molecule has 0 radical (unpaired) electrons. The fraction of sp³-hybridized carbons (Fsp3) is 0.727. The number of hydrogen-bond acceptors (Lipinski definition) is 4. The third-order valence-electron chi connectivity index (χ3n) is 2.50. The number of nitrogens with one attached hydrogen (secondary N) is 1. The zero-order chi connectivity index (χ0) is 14.3. The number of carbonyl (C=O) groups is 3. The molecule has 2 amide bonds. The van der Waals surface area contributed by atoms with Gasteiger partial charge in [0, 0.05) is 12.6 Å². The van der Waals surface area contributed by atoms with Crippen molar-refractivity contribution in [2.24, 2.45) is 0 Å². The molecule has 0 bridgehead atoms. The van der Waals surface area contributed by atoms with E-state index in [1.54, 1.807) is 13.8 Å². The topological polar surface area (TPSA) is 95.9 Å². The van der Waals surface area contributed by atoms with Crippen molar-refractivity contribution >= 4 is 18.0 Å². The second kappa shape index (κ2) is 7.52. The Kier molecular flexibility index (Phi) is 6.77. The highest BCUT2D eigenvalue weighted by atomic mass is 16.5. The van der Waals surface area contributed by atoms with Crippen molar-refractivity contribution in [2.75, 3.05) is 13.7 Å². The van der Waals surface area contributed by atoms with Gasteiger partial charge in [0.2, 0.25) is 0 Å². The van der Waals surface area contributed by atoms with Crippen LogP contribution in [0.5, 0.6) is 0 Å². The minimum atomic E-state index is -0.977. The second-order valence-corrected chi connectivity index (χ2v) is 3.93. The number of amides is 2. The Morgan fingerprint density at radius 2 is 1.89 bits per heavy atom. The van der Waals surface area contributed by atoms with Crippen LogP contribution >= 0.6 is 0 Å². The van der Waals surface area contributed by atoms with Gasteiger partial charge in [-0.25, -0.2) is 9.59 Å². The number of rotatable bonds is 6. The first-order chi connectivity index (χ1) is 8.33. The first-order valence-electron chi connectivity index (χ1n) is 5.70. The number of carboxylic acids is 1. The van der Waals surface area contributed by atoms with Gasteiger partial charge in [0.1, 0.15) is 6.04 Å². The SMILES string of the molecule is CCN(C(=O)NC(C)C(=O)OC)C(C)CC(=O)O. The van der Waals surface area contributed by atoms with Crippen LogP contribution in [0, 0.1) is 0 Å². The lowest BCUT2D eigenvalue weighted by molar-refractivity contribution is -0.142. The molecule has 0 fully saturated rings. The molecule has 7 heteroatoms. The van der Waals surface area contributed by atoms with Crippen molar-refractivity contribution in [1.29, 1.82) is 0 Å². The van der Waals surface area contributed by atoms with E-state index in [0.717, 1.165) is 0 Å². The summed E-state index contributed by atoms with van der Waals surface area (Å²) in [5.74, 6) is -1.53. The third-order valence-corrected chi connectivity index (χ3v) is 2.50. The molecule has 0 aliphatic carbocycles. The number of urea groups is 1. The maximum absolute atomic E-state index is 11.8. The van der Waals surface area contributed by atoms with Crippen LogP contribution in [0.2, 0.25) is 0 Å². The number of nitrogens with zero attached hydrogens (tertiary/aromatic N) is 1. The Labute approximate surface area is 106 Å². The van der Waals surface area contributed by atoms with E-state index in [4.69, 9.17) is 5.11 Å². The number of esters is 1. The molecule has 0 saturated carbocycles. The van der Waals surface area contributed by atoms with Crippen molar-refractivity contribution in [1.82, 2.24) is 10.2 Å². The highest BCUT2D eigenvalue weighted by Crippen LogP contribution is 2.04. The molecule has 0 saturated heterocycles.